The first-order valence-electron chi connectivity index (χ1n) is 6.74. The quantitative estimate of drug-likeness (QED) is 0.904. The molecule has 0 saturated carbocycles. The molecule has 1 saturated heterocycles. The third kappa shape index (κ3) is 4.32. The lowest BCUT2D eigenvalue weighted by Gasteiger charge is -2.22. The lowest BCUT2D eigenvalue weighted by molar-refractivity contribution is -0.119. The predicted molar refractivity (Wildman–Crippen MR) is 79.6 cm³/mol. The number of hydrogen-bond acceptors (Lipinski definition) is 3. The topological polar surface area (TPSA) is 38.3 Å². The second kappa shape index (κ2) is 7.06. The standard InChI is InChI=1S/C15H20BrNO2/c1-19-15-5-4-13(16)8-12(15)9-14(18)7-11-3-2-6-17-10-11/h4-5,8,11,17H,2-3,6-7,9-10H2,1H3. The maximum atomic E-state index is 12.2. The van der Waals surface area contributed by atoms with Crippen LogP contribution >= 0.6 is 15.9 Å². The summed E-state index contributed by atoms with van der Waals surface area (Å²) in [5.41, 5.74) is 0.964. The fraction of sp³-hybridized carbons (Fsp3) is 0.533. The summed E-state index contributed by atoms with van der Waals surface area (Å²) < 4.78 is 6.29. The molecule has 0 aromatic heterocycles. The van der Waals surface area contributed by atoms with Gasteiger partial charge >= 0.3 is 0 Å². The Morgan fingerprint density at radius 2 is 2.37 bits per heavy atom. The van der Waals surface area contributed by atoms with Gasteiger partial charge in [-0.25, -0.2) is 0 Å². The molecule has 3 nitrogen and oxygen atoms in total. The molecule has 0 bridgehead atoms. The van der Waals surface area contributed by atoms with Gasteiger partial charge in [0.15, 0.2) is 0 Å². The molecule has 1 fully saturated rings. The van der Waals surface area contributed by atoms with Crippen molar-refractivity contribution in [1.29, 1.82) is 0 Å². The summed E-state index contributed by atoms with van der Waals surface area (Å²) in [7, 11) is 1.64. The number of carbonyl (C=O) groups excluding carboxylic acids is 1. The van der Waals surface area contributed by atoms with Gasteiger partial charge in [-0.3, -0.25) is 4.79 Å². The number of carbonyl (C=O) groups is 1. The van der Waals surface area contributed by atoms with Gasteiger partial charge in [0.25, 0.3) is 0 Å². The number of halogens is 1. The number of methoxy groups -OCH3 is 1. The number of Topliss-reactive ketones (excluding diaryl/α,β-unsaturated/α-hetero) is 1. The molecule has 2 rings (SSSR count). The van der Waals surface area contributed by atoms with Crippen LogP contribution in [-0.4, -0.2) is 26.0 Å². The number of benzene rings is 1. The third-order valence-electron chi connectivity index (χ3n) is 3.55. The molecule has 1 aliphatic heterocycles. The Labute approximate surface area is 122 Å². The smallest absolute Gasteiger partial charge is 0.137 e. The highest BCUT2D eigenvalue weighted by Gasteiger charge is 2.18. The minimum absolute atomic E-state index is 0.296. The van der Waals surface area contributed by atoms with Crippen LogP contribution in [0.15, 0.2) is 22.7 Å². The fourth-order valence-corrected chi connectivity index (χ4v) is 3.00. The van der Waals surface area contributed by atoms with Gasteiger partial charge in [0.1, 0.15) is 11.5 Å². The van der Waals surface area contributed by atoms with Crippen LogP contribution in [-0.2, 0) is 11.2 Å². The molecule has 1 N–H and O–H groups in total. The number of ketones is 1. The Morgan fingerprint density at radius 1 is 1.53 bits per heavy atom. The van der Waals surface area contributed by atoms with E-state index in [-0.39, 0.29) is 0 Å². The van der Waals surface area contributed by atoms with Crippen LogP contribution in [0.4, 0.5) is 0 Å². The van der Waals surface area contributed by atoms with Crippen molar-refractivity contribution in [1.82, 2.24) is 5.32 Å². The number of rotatable bonds is 5. The first kappa shape index (κ1) is 14.5. The van der Waals surface area contributed by atoms with Crippen LogP contribution in [0.2, 0.25) is 0 Å². The van der Waals surface area contributed by atoms with Crippen molar-refractivity contribution in [2.75, 3.05) is 20.2 Å². The molecule has 1 aliphatic rings. The highest BCUT2D eigenvalue weighted by molar-refractivity contribution is 9.10. The summed E-state index contributed by atoms with van der Waals surface area (Å²) in [6.07, 6.45) is 3.47. The summed E-state index contributed by atoms with van der Waals surface area (Å²) in [6, 6.07) is 5.79. The molecule has 0 aliphatic carbocycles. The molecular weight excluding hydrogens is 306 g/mol. The number of hydrogen-bond donors (Lipinski definition) is 1. The van der Waals surface area contributed by atoms with Crippen molar-refractivity contribution in [2.24, 2.45) is 5.92 Å². The van der Waals surface area contributed by atoms with Gasteiger partial charge in [-0.15, -0.1) is 0 Å². The molecule has 1 aromatic carbocycles. The van der Waals surface area contributed by atoms with Crippen LogP contribution < -0.4 is 10.1 Å². The van der Waals surface area contributed by atoms with Crippen LogP contribution in [0.3, 0.4) is 0 Å². The number of piperidine rings is 1. The Bertz CT molecular complexity index is 442. The zero-order valence-corrected chi connectivity index (χ0v) is 12.8. The second-order valence-corrected chi connectivity index (χ2v) is 6.00. The molecule has 19 heavy (non-hydrogen) atoms. The van der Waals surface area contributed by atoms with Gasteiger partial charge in [0, 0.05) is 22.9 Å². The second-order valence-electron chi connectivity index (χ2n) is 5.09. The molecule has 0 amide bonds. The minimum atomic E-state index is 0.296. The molecular formula is C15H20BrNO2. The number of nitrogens with one attached hydrogen (secondary N) is 1. The van der Waals surface area contributed by atoms with Crippen LogP contribution in [0.5, 0.6) is 5.75 Å². The lowest BCUT2D eigenvalue weighted by Crippen LogP contribution is -2.31. The maximum Gasteiger partial charge on any atom is 0.137 e. The SMILES string of the molecule is COc1ccc(Br)cc1CC(=O)CC1CCCNC1. The van der Waals surface area contributed by atoms with E-state index >= 15 is 0 Å². The molecule has 4 heteroatoms. The monoisotopic (exact) mass is 325 g/mol. The zero-order valence-electron chi connectivity index (χ0n) is 11.2. The average Bonchev–Trinajstić information content (AvgIpc) is 2.40. The predicted octanol–water partition coefficient (Wildman–Crippen LogP) is 2.96. The van der Waals surface area contributed by atoms with Crippen molar-refractivity contribution in [3.05, 3.63) is 28.2 Å². The molecule has 1 atom stereocenters. The highest BCUT2D eigenvalue weighted by Crippen LogP contribution is 2.25. The van der Waals surface area contributed by atoms with Crippen molar-refractivity contribution in [3.8, 4) is 5.75 Å². The van der Waals surface area contributed by atoms with Crippen molar-refractivity contribution < 1.29 is 9.53 Å². The Kier molecular flexibility index (Phi) is 5.40. The zero-order chi connectivity index (χ0) is 13.7. The summed E-state index contributed by atoms with van der Waals surface area (Å²) >= 11 is 3.44. The van der Waals surface area contributed by atoms with Gasteiger partial charge in [-0.2, -0.15) is 0 Å². The van der Waals surface area contributed by atoms with Crippen molar-refractivity contribution >= 4 is 21.7 Å². The fourth-order valence-electron chi connectivity index (χ4n) is 2.59. The third-order valence-corrected chi connectivity index (χ3v) is 4.04. The van der Waals surface area contributed by atoms with Crippen molar-refractivity contribution in [2.45, 2.75) is 25.7 Å². The molecule has 104 valence electrons. The molecule has 1 unspecified atom stereocenters. The summed E-state index contributed by atoms with van der Waals surface area (Å²) in [6.45, 7) is 2.06. The van der Waals surface area contributed by atoms with Gasteiger partial charge in [0.05, 0.1) is 7.11 Å². The Balaban J connectivity index is 1.95. The van der Waals surface area contributed by atoms with Gasteiger partial charge in [-0.05, 0) is 50.0 Å². The minimum Gasteiger partial charge on any atom is -0.496 e. The summed E-state index contributed by atoms with van der Waals surface area (Å²) in [5.74, 6) is 1.59. The first-order chi connectivity index (χ1) is 9.19. The van der Waals surface area contributed by atoms with Gasteiger partial charge < -0.3 is 10.1 Å². The molecule has 1 aromatic rings. The van der Waals surface area contributed by atoms with Crippen LogP contribution in [0.1, 0.15) is 24.8 Å². The average molecular weight is 326 g/mol. The first-order valence-corrected chi connectivity index (χ1v) is 7.53. The van der Waals surface area contributed by atoms with E-state index in [0.717, 1.165) is 35.3 Å². The van der Waals surface area contributed by atoms with E-state index in [1.165, 1.54) is 6.42 Å². The van der Waals surface area contributed by atoms with Crippen molar-refractivity contribution in [3.63, 3.8) is 0 Å². The largest absolute Gasteiger partial charge is 0.496 e. The highest BCUT2D eigenvalue weighted by atomic mass is 79.9. The van der Waals surface area contributed by atoms with Gasteiger partial charge in [-0.1, -0.05) is 15.9 Å². The number of ether oxygens (including phenoxy) is 1. The van der Waals surface area contributed by atoms with Crippen LogP contribution in [0.25, 0.3) is 0 Å². The summed E-state index contributed by atoms with van der Waals surface area (Å²) in [4.78, 5) is 12.2. The Morgan fingerprint density at radius 3 is 3.05 bits per heavy atom. The maximum absolute atomic E-state index is 12.2. The molecule has 1 heterocycles. The van der Waals surface area contributed by atoms with Crippen LogP contribution in [0, 0.1) is 5.92 Å². The normalized spacial score (nSPS) is 19.2. The van der Waals surface area contributed by atoms with E-state index < -0.39 is 0 Å². The van der Waals surface area contributed by atoms with E-state index in [9.17, 15) is 4.79 Å². The van der Waals surface area contributed by atoms with E-state index in [0.29, 0.717) is 24.5 Å². The van der Waals surface area contributed by atoms with Gasteiger partial charge in [0.2, 0.25) is 0 Å². The Hall–Kier alpha value is -0.870. The van der Waals surface area contributed by atoms with E-state index in [2.05, 4.69) is 21.2 Å². The molecule has 0 spiro atoms. The lowest BCUT2D eigenvalue weighted by atomic mass is 9.92. The van der Waals surface area contributed by atoms with E-state index in [1.54, 1.807) is 7.11 Å². The van der Waals surface area contributed by atoms with E-state index in [4.69, 9.17) is 4.74 Å². The molecule has 0 radical (unpaired) electrons. The van der Waals surface area contributed by atoms with E-state index in [1.807, 2.05) is 18.2 Å². The summed E-state index contributed by atoms with van der Waals surface area (Å²) in [5, 5.41) is 3.35.